The average molecular weight is 533 g/mol. The van der Waals surface area contributed by atoms with Crippen LogP contribution < -0.4 is 15.5 Å². The number of nitrogens with zero attached hydrogens (tertiary/aromatic N) is 4. The number of anilines is 4. The number of ether oxygens (including phenoxy) is 3. The minimum Gasteiger partial charge on any atom is -0.460 e. The average Bonchev–Trinajstić information content (AvgIpc) is 2.84. The first-order valence-electron chi connectivity index (χ1n) is 12.3. The van der Waals surface area contributed by atoms with Gasteiger partial charge in [-0.05, 0) is 32.8 Å². The lowest BCUT2D eigenvalue weighted by atomic mass is 9.98. The van der Waals surface area contributed by atoms with Crippen LogP contribution in [0.4, 0.5) is 31.9 Å². The third-order valence-corrected chi connectivity index (χ3v) is 5.76. The van der Waals surface area contributed by atoms with Crippen LogP contribution in [0, 0.1) is 28.9 Å². The second-order valence-corrected chi connectivity index (χ2v) is 10.1. The van der Waals surface area contributed by atoms with Crippen molar-refractivity contribution in [3.05, 3.63) is 35.5 Å². The second-order valence-electron chi connectivity index (χ2n) is 10.1. The van der Waals surface area contributed by atoms with Gasteiger partial charge in [-0.1, -0.05) is 6.92 Å². The number of hydrogen-bond acceptors (Lipinski definition) is 10. The van der Waals surface area contributed by atoms with E-state index in [1.54, 1.807) is 25.7 Å². The molecule has 1 saturated heterocycles. The summed E-state index contributed by atoms with van der Waals surface area (Å²) in [7, 11) is 1.49. The molecule has 0 radical (unpaired) electrons. The summed E-state index contributed by atoms with van der Waals surface area (Å²) in [5.41, 5.74) is -0.458. The molecule has 2 atom stereocenters. The zero-order chi connectivity index (χ0) is 27.9. The van der Waals surface area contributed by atoms with Crippen molar-refractivity contribution in [2.45, 2.75) is 45.8 Å². The Balaban J connectivity index is 1.80. The van der Waals surface area contributed by atoms with Crippen LogP contribution in [0.1, 0.15) is 39.7 Å². The molecule has 0 saturated carbocycles. The van der Waals surface area contributed by atoms with Crippen LogP contribution >= 0.6 is 0 Å². The van der Waals surface area contributed by atoms with E-state index in [-0.39, 0.29) is 47.7 Å². The van der Waals surface area contributed by atoms with Gasteiger partial charge in [0.15, 0.2) is 29.1 Å². The molecular formula is C26H34F2N6O4. The molecule has 0 spiro atoms. The van der Waals surface area contributed by atoms with Crippen molar-refractivity contribution in [2.24, 2.45) is 5.92 Å². The molecule has 1 aliphatic rings. The summed E-state index contributed by atoms with van der Waals surface area (Å²) in [5.74, 6) is -1.93. The molecule has 206 valence electrons. The first kappa shape index (κ1) is 29.0. The Morgan fingerprint density at radius 2 is 1.95 bits per heavy atom. The monoisotopic (exact) mass is 532 g/mol. The molecule has 2 aromatic heterocycles. The van der Waals surface area contributed by atoms with E-state index >= 15 is 0 Å². The quantitative estimate of drug-likeness (QED) is 0.434. The molecule has 0 aliphatic carbocycles. The number of nitriles is 1. The van der Waals surface area contributed by atoms with Crippen LogP contribution in [0.15, 0.2) is 18.3 Å². The van der Waals surface area contributed by atoms with Gasteiger partial charge in [0.05, 0.1) is 49.7 Å². The van der Waals surface area contributed by atoms with Crippen LogP contribution in [-0.4, -0.2) is 67.6 Å². The lowest BCUT2D eigenvalue weighted by Gasteiger charge is -2.28. The maximum atomic E-state index is 14.9. The van der Waals surface area contributed by atoms with Crippen molar-refractivity contribution in [3.8, 4) is 6.07 Å². The zero-order valence-electron chi connectivity index (χ0n) is 22.3. The highest BCUT2D eigenvalue weighted by Crippen LogP contribution is 2.27. The van der Waals surface area contributed by atoms with E-state index < -0.39 is 29.2 Å². The Hall–Kier alpha value is -3.56. The van der Waals surface area contributed by atoms with Gasteiger partial charge in [-0.2, -0.15) is 5.26 Å². The number of aromatic nitrogens is 2. The Labute approximate surface area is 221 Å². The van der Waals surface area contributed by atoms with E-state index in [1.807, 2.05) is 13.0 Å². The van der Waals surface area contributed by atoms with Gasteiger partial charge in [0, 0.05) is 26.3 Å². The summed E-state index contributed by atoms with van der Waals surface area (Å²) in [6.07, 6.45) is 1.49. The van der Waals surface area contributed by atoms with Crippen LogP contribution in [-0.2, 0) is 19.0 Å². The van der Waals surface area contributed by atoms with E-state index in [0.717, 1.165) is 6.07 Å². The topological polar surface area (TPSA) is 122 Å². The molecule has 10 nitrogen and oxygen atoms in total. The summed E-state index contributed by atoms with van der Waals surface area (Å²) in [6.45, 7) is 9.34. The van der Waals surface area contributed by atoms with E-state index in [0.29, 0.717) is 26.3 Å². The fraction of sp³-hybridized carbons (Fsp3) is 0.538. The number of pyridine rings is 2. The number of carbonyl (C=O) groups is 1. The number of esters is 1. The summed E-state index contributed by atoms with van der Waals surface area (Å²) in [5, 5.41) is 15.4. The van der Waals surface area contributed by atoms with Crippen molar-refractivity contribution in [3.63, 3.8) is 0 Å². The molecule has 38 heavy (non-hydrogen) atoms. The maximum Gasteiger partial charge on any atom is 0.306 e. The normalized spacial score (nSPS) is 15.4. The molecular weight excluding hydrogens is 498 g/mol. The minimum absolute atomic E-state index is 0.0210. The predicted octanol–water partition coefficient (Wildman–Crippen LogP) is 4.00. The third-order valence-electron chi connectivity index (χ3n) is 5.76. The predicted molar refractivity (Wildman–Crippen MR) is 138 cm³/mol. The molecule has 1 aliphatic heterocycles. The molecule has 2 aromatic rings. The van der Waals surface area contributed by atoms with Crippen LogP contribution in [0.2, 0.25) is 0 Å². The molecule has 0 amide bonds. The van der Waals surface area contributed by atoms with E-state index in [1.165, 1.54) is 19.4 Å². The van der Waals surface area contributed by atoms with Gasteiger partial charge in [0.25, 0.3) is 0 Å². The zero-order valence-corrected chi connectivity index (χ0v) is 22.3. The van der Waals surface area contributed by atoms with Gasteiger partial charge in [0.2, 0.25) is 0 Å². The maximum absolute atomic E-state index is 14.9. The van der Waals surface area contributed by atoms with Gasteiger partial charge in [-0.25, -0.2) is 18.7 Å². The molecule has 1 fully saturated rings. The molecule has 3 heterocycles. The molecule has 12 heteroatoms. The largest absolute Gasteiger partial charge is 0.460 e. The number of nitrogens with one attached hydrogen (secondary N) is 2. The van der Waals surface area contributed by atoms with Crippen LogP contribution in [0.25, 0.3) is 0 Å². The molecule has 0 unspecified atom stereocenters. The van der Waals surface area contributed by atoms with Gasteiger partial charge in [0.1, 0.15) is 11.7 Å². The first-order chi connectivity index (χ1) is 18.0. The number of rotatable bonds is 10. The van der Waals surface area contributed by atoms with Crippen LogP contribution in [0.3, 0.4) is 0 Å². The third kappa shape index (κ3) is 7.97. The highest BCUT2D eigenvalue weighted by molar-refractivity contribution is 5.70. The fourth-order valence-electron chi connectivity index (χ4n) is 3.91. The molecule has 3 rings (SSSR count). The number of halogens is 2. The first-order valence-corrected chi connectivity index (χ1v) is 12.3. The highest BCUT2D eigenvalue weighted by Gasteiger charge is 2.26. The number of hydrogen-bond donors (Lipinski definition) is 2. The van der Waals surface area contributed by atoms with Crippen molar-refractivity contribution < 1.29 is 27.8 Å². The Bertz CT molecular complexity index is 1160. The highest BCUT2D eigenvalue weighted by atomic mass is 19.1. The van der Waals surface area contributed by atoms with Crippen molar-refractivity contribution in [1.29, 1.82) is 5.26 Å². The summed E-state index contributed by atoms with van der Waals surface area (Å²) in [4.78, 5) is 22.6. The summed E-state index contributed by atoms with van der Waals surface area (Å²) >= 11 is 0. The number of carbonyl (C=O) groups excluding carboxylic acids is 1. The van der Waals surface area contributed by atoms with Crippen molar-refractivity contribution in [2.75, 3.05) is 55.6 Å². The van der Waals surface area contributed by atoms with E-state index in [2.05, 4.69) is 20.6 Å². The molecule has 0 aromatic carbocycles. The Morgan fingerprint density at radius 3 is 2.55 bits per heavy atom. The van der Waals surface area contributed by atoms with Gasteiger partial charge in [-0.15, -0.1) is 0 Å². The summed E-state index contributed by atoms with van der Waals surface area (Å²) in [6, 6.07) is 3.68. The summed E-state index contributed by atoms with van der Waals surface area (Å²) < 4.78 is 45.7. The van der Waals surface area contributed by atoms with Crippen molar-refractivity contribution in [1.82, 2.24) is 9.97 Å². The van der Waals surface area contributed by atoms with Gasteiger partial charge in [-0.3, -0.25) is 4.79 Å². The van der Waals surface area contributed by atoms with E-state index in [4.69, 9.17) is 14.2 Å². The van der Waals surface area contributed by atoms with Crippen molar-refractivity contribution >= 4 is 29.1 Å². The van der Waals surface area contributed by atoms with E-state index in [9.17, 15) is 18.8 Å². The smallest absolute Gasteiger partial charge is 0.306 e. The minimum atomic E-state index is -0.760. The SMILES string of the molecule is COC[C@@H](Nc1nc(Nc2cnc(N3CCOCC3)c(F)c2)c(C#N)cc1F)[C@H](C)CC(=O)OC(C)(C)C. The Morgan fingerprint density at radius 1 is 1.24 bits per heavy atom. The number of morpholine rings is 1. The van der Waals surface area contributed by atoms with Gasteiger partial charge >= 0.3 is 5.97 Å². The molecule has 0 bridgehead atoms. The van der Waals surface area contributed by atoms with Gasteiger partial charge < -0.3 is 29.7 Å². The standard InChI is InChI=1S/C26H34F2N6O4/c1-16(10-22(35)38-26(2,3)4)21(15-36-5)32-24-19(27)11-17(13-29)23(33-24)31-18-12-20(28)25(30-14-18)34-6-8-37-9-7-34/h11-12,14,16,21H,6-10,15H2,1-5H3,(H2,31,32,33)/t16-,21-/m1/s1. The lowest BCUT2D eigenvalue weighted by Crippen LogP contribution is -2.37. The van der Waals surface area contributed by atoms with Crippen LogP contribution in [0.5, 0.6) is 0 Å². The fourth-order valence-corrected chi connectivity index (χ4v) is 3.91. The Kier molecular flexibility index (Phi) is 9.77. The number of methoxy groups -OCH3 is 1. The molecule has 2 N–H and O–H groups in total. The lowest BCUT2D eigenvalue weighted by molar-refractivity contribution is -0.156. The second kappa shape index (κ2) is 12.8.